The maximum Gasteiger partial charge on any atom is 0.315 e. The summed E-state index contributed by atoms with van der Waals surface area (Å²) in [6.07, 6.45) is 3.65. The summed E-state index contributed by atoms with van der Waals surface area (Å²) < 4.78 is 0. The molecule has 1 heterocycles. The van der Waals surface area contributed by atoms with E-state index in [1.807, 2.05) is 43.3 Å². The van der Waals surface area contributed by atoms with Crippen LogP contribution in [0, 0.1) is 12.3 Å². The third kappa shape index (κ3) is 3.92. The van der Waals surface area contributed by atoms with E-state index in [9.17, 15) is 9.90 Å². The number of urea groups is 1. The third-order valence-electron chi connectivity index (χ3n) is 4.55. The standard InChI is InChI=1S/C19H23N3O2/c1-14-5-4-6-15(11-14)17(16-7-2-3-10-20-16)22-18(24)21-12-19(13-23)8-9-19/h2-7,10-11,17,23H,8-9,12-13H2,1H3,(H2,21,22,24). The monoisotopic (exact) mass is 325 g/mol. The molecule has 24 heavy (non-hydrogen) atoms. The number of benzene rings is 1. The van der Waals surface area contributed by atoms with Crippen molar-refractivity contribution in [2.45, 2.75) is 25.8 Å². The lowest BCUT2D eigenvalue weighted by Crippen LogP contribution is -2.41. The van der Waals surface area contributed by atoms with Crippen molar-refractivity contribution in [2.75, 3.05) is 13.2 Å². The molecule has 1 unspecified atom stereocenters. The third-order valence-corrected chi connectivity index (χ3v) is 4.55. The Morgan fingerprint density at radius 1 is 1.29 bits per heavy atom. The zero-order valence-corrected chi connectivity index (χ0v) is 13.8. The molecule has 3 rings (SSSR count). The second-order valence-electron chi connectivity index (χ2n) is 6.59. The molecule has 2 aromatic rings. The molecule has 0 spiro atoms. The van der Waals surface area contributed by atoms with Crippen LogP contribution in [0.1, 0.15) is 35.7 Å². The number of rotatable bonds is 6. The molecule has 5 nitrogen and oxygen atoms in total. The normalized spacial score (nSPS) is 16.2. The van der Waals surface area contributed by atoms with E-state index < -0.39 is 0 Å². The molecule has 1 aromatic carbocycles. The summed E-state index contributed by atoms with van der Waals surface area (Å²) in [7, 11) is 0. The van der Waals surface area contributed by atoms with Crippen LogP contribution in [0.25, 0.3) is 0 Å². The van der Waals surface area contributed by atoms with E-state index in [1.165, 1.54) is 0 Å². The van der Waals surface area contributed by atoms with Crippen LogP contribution in [0.3, 0.4) is 0 Å². The summed E-state index contributed by atoms with van der Waals surface area (Å²) in [5.74, 6) is 0. The van der Waals surface area contributed by atoms with Crippen LogP contribution in [0.4, 0.5) is 4.79 Å². The van der Waals surface area contributed by atoms with E-state index in [2.05, 4.69) is 21.7 Å². The molecule has 126 valence electrons. The van der Waals surface area contributed by atoms with Crippen LogP contribution in [0.2, 0.25) is 0 Å². The predicted molar refractivity (Wildman–Crippen MR) is 92.5 cm³/mol. The summed E-state index contributed by atoms with van der Waals surface area (Å²) >= 11 is 0. The largest absolute Gasteiger partial charge is 0.396 e. The molecule has 1 atom stereocenters. The van der Waals surface area contributed by atoms with E-state index in [1.54, 1.807) is 6.20 Å². The van der Waals surface area contributed by atoms with E-state index in [0.29, 0.717) is 6.54 Å². The molecule has 0 radical (unpaired) electrons. The highest BCUT2D eigenvalue weighted by molar-refractivity contribution is 5.75. The molecule has 1 aliphatic carbocycles. The molecule has 1 aromatic heterocycles. The number of carbonyl (C=O) groups is 1. The van der Waals surface area contributed by atoms with Gasteiger partial charge in [-0.15, -0.1) is 0 Å². The van der Waals surface area contributed by atoms with Gasteiger partial charge in [0.05, 0.1) is 18.3 Å². The lowest BCUT2D eigenvalue weighted by Gasteiger charge is -2.21. The summed E-state index contributed by atoms with van der Waals surface area (Å²) in [6, 6.07) is 13.2. The molecule has 1 aliphatic rings. The Labute approximate surface area is 142 Å². The molecular formula is C19H23N3O2. The number of nitrogens with zero attached hydrogens (tertiary/aromatic N) is 1. The minimum Gasteiger partial charge on any atom is -0.396 e. The van der Waals surface area contributed by atoms with Gasteiger partial charge in [0.25, 0.3) is 0 Å². The van der Waals surface area contributed by atoms with Crippen molar-refractivity contribution >= 4 is 6.03 Å². The van der Waals surface area contributed by atoms with Gasteiger partial charge in [0, 0.05) is 18.2 Å². The smallest absolute Gasteiger partial charge is 0.315 e. The van der Waals surface area contributed by atoms with Crippen molar-refractivity contribution in [2.24, 2.45) is 5.41 Å². The minimum atomic E-state index is -0.310. The van der Waals surface area contributed by atoms with Crippen molar-refractivity contribution in [1.82, 2.24) is 15.6 Å². The molecule has 0 bridgehead atoms. The SMILES string of the molecule is Cc1cccc(C(NC(=O)NCC2(CO)CC2)c2ccccn2)c1. The van der Waals surface area contributed by atoms with Gasteiger partial charge in [-0.25, -0.2) is 4.79 Å². The number of aromatic nitrogens is 1. The second kappa shape index (κ2) is 7.01. The van der Waals surface area contributed by atoms with Crippen LogP contribution >= 0.6 is 0 Å². The van der Waals surface area contributed by atoms with E-state index in [4.69, 9.17) is 0 Å². The van der Waals surface area contributed by atoms with Gasteiger partial charge >= 0.3 is 6.03 Å². The topological polar surface area (TPSA) is 74.2 Å². The first kappa shape index (κ1) is 16.5. The van der Waals surface area contributed by atoms with Crippen LogP contribution in [-0.4, -0.2) is 29.3 Å². The van der Waals surface area contributed by atoms with Gasteiger partial charge in [-0.05, 0) is 37.5 Å². The summed E-state index contributed by atoms with van der Waals surface area (Å²) in [4.78, 5) is 16.7. The molecule has 2 amide bonds. The van der Waals surface area contributed by atoms with Crippen molar-refractivity contribution < 1.29 is 9.90 Å². The average molecular weight is 325 g/mol. The molecule has 5 heteroatoms. The van der Waals surface area contributed by atoms with E-state index in [0.717, 1.165) is 29.7 Å². The maximum atomic E-state index is 12.3. The Hall–Kier alpha value is -2.40. The van der Waals surface area contributed by atoms with Crippen LogP contribution < -0.4 is 10.6 Å². The van der Waals surface area contributed by atoms with Crippen LogP contribution in [-0.2, 0) is 0 Å². The van der Waals surface area contributed by atoms with Gasteiger partial charge in [0.15, 0.2) is 0 Å². The van der Waals surface area contributed by atoms with Gasteiger partial charge < -0.3 is 15.7 Å². The van der Waals surface area contributed by atoms with Crippen molar-refractivity contribution in [3.05, 3.63) is 65.5 Å². The zero-order chi connectivity index (χ0) is 17.0. The first-order chi connectivity index (χ1) is 11.6. The average Bonchev–Trinajstić information content (AvgIpc) is 3.39. The highest BCUT2D eigenvalue weighted by atomic mass is 16.3. The van der Waals surface area contributed by atoms with Crippen molar-refractivity contribution in [3.8, 4) is 0 Å². The second-order valence-corrected chi connectivity index (χ2v) is 6.59. The number of hydrogen-bond acceptors (Lipinski definition) is 3. The highest BCUT2D eigenvalue weighted by Crippen LogP contribution is 2.44. The number of nitrogens with one attached hydrogen (secondary N) is 2. The number of hydrogen-bond donors (Lipinski definition) is 3. The Balaban J connectivity index is 1.74. The van der Waals surface area contributed by atoms with Crippen LogP contribution in [0.5, 0.6) is 0 Å². The Kier molecular flexibility index (Phi) is 4.81. The molecule has 1 fully saturated rings. The van der Waals surface area contributed by atoms with Gasteiger partial charge in [0.2, 0.25) is 0 Å². The fourth-order valence-electron chi connectivity index (χ4n) is 2.74. The number of aliphatic hydroxyl groups is 1. The number of aliphatic hydroxyl groups excluding tert-OH is 1. The van der Waals surface area contributed by atoms with Crippen molar-refractivity contribution in [1.29, 1.82) is 0 Å². The van der Waals surface area contributed by atoms with Gasteiger partial charge in [-0.3, -0.25) is 4.98 Å². The minimum absolute atomic E-state index is 0.110. The van der Waals surface area contributed by atoms with Gasteiger partial charge in [0.1, 0.15) is 0 Å². The first-order valence-corrected chi connectivity index (χ1v) is 8.25. The van der Waals surface area contributed by atoms with E-state index >= 15 is 0 Å². The summed E-state index contributed by atoms with van der Waals surface area (Å²) in [5, 5.41) is 15.2. The fourth-order valence-corrected chi connectivity index (χ4v) is 2.74. The molecule has 0 aliphatic heterocycles. The molecule has 1 saturated carbocycles. The number of carbonyl (C=O) groups excluding carboxylic acids is 1. The van der Waals surface area contributed by atoms with Crippen molar-refractivity contribution in [3.63, 3.8) is 0 Å². The Morgan fingerprint density at radius 2 is 2.12 bits per heavy atom. The van der Waals surface area contributed by atoms with Gasteiger partial charge in [-0.1, -0.05) is 35.9 Å². The van der Waals surface area contributed by atoms with E-state index in [-0.39, 0.29) is 24.1 Å². The lowest BCUT2D eigenvalue weighted by molar-refractivity contribution is 0.202. The first-order valence-electron chi connectivity index (χ1n) is 8.25. The number of pyridine rings is 1. The fraction of sp³-hybridized carbons (Fsp3) is 0.368. The molecule has 0 saturated heterocycles. The van der Waals surface area contributed by atoms with Crippen LogP contribution in [0.15, 0.2) is 48.7 Å². The predicted octanol–water partition coefficient (Wildman–Crippen LogP) is 2.55. The summed E-state index contributed by atoms with van der Waals surface area (Å²) in [6.45, 7) is 2.64. The Morgan fingerprint density at radius 3 is 2.75 bits per heavy atom. The van der Waals surface area contributed by atoms with Gasteiger partial charge in [-0.2, -0.15) is 0 Å². The summed E-state index contributed by atoms with van der Waals surface area (Å²) in [5.41, 5.74) is 2.81. The zero-order valence-electron chi connectivity index (χ0n) is 13.8. The number of aryl methyl sites for hydroxylation is 1. The molecule has 3 N–H and O–H groups in total. The maximum absolute atomic E-state index is 12.3. The lowest BCUT2D eigenvalue weighted by atomic mass is 10.0. The number of amides is 2. The quantitative estimate of drug-likeness (QED) is 0.764. The Bertz CT molecular complexity index is 699. The highest BCUT2D eigenvalue weighted by Gasteiger charge is 2.42. The molecular weight excluding hydrogens is 302 g/mol.